The summed E-state index contributed by atoms with van der Waals surface area (Å²) in [6, 6.07) is 0.250. The summed E-state index contributed by atoms with van der Waals surface area (Å²) < 4.78 is 0. The molecule has 0 aliphatic carbocycles. The van der Waals surface area contributed by atoms with Gasteiger partial charge in [0.1, 0.15) is 5.69 Å². The molecule has 1 fully saturated rings. The Bertz CT molecular complexity index is 392. The van der Waals surface area contributed by atoms with Crippen LogP contribution in [0.15, 0.2) is 5.38 Å². The Morgan fingerprint density at radius 1 is 1.53 bits per heavy atom. The van der Waals surface area contributed by atoms with E-state index in [9.17, 15) is 4.79 Å². The van der Waals surface area contributed by atoms with Crippen LogP contribution >= 0.6 is 36.2 Å². The fourth-order valence-corrected chi connectivity index (χ4v) is 2.71. The van der Waals surface area contributed by atoms with E-state index in [0.29, 0.717) is 11.6 Å². The molecule has 1 aliphatic rings. The zero-order valence-electron chi connectivity index (χ0n) is 11.1. The molecule has 1 atom stereocenters. The molecule has 0 bridgehead atoms. The molecular weight excluding hydrogens is 305 g/mol. The van der Waals surface area contributed by atoms with Gasteiger partial charge < -0.3 is 10.6 Å². The second-order valence-corrected chi connectivity index (χ2v) is 5.63. The van der Waals surface area contributed by atoms with Gasteiger partial charge in [-0.05, 0) is 19.4 Å². The highest BCUT2D eigenvalue weighted by Crippen LogP contribution is 2.19. The summed E-state index contributed by atoms with van der Waals surface area (Å²) in [5.74, 6) is 0.347. The minimum absolute atomic E-state index is 0. The first-order chi connectivity index (χ1) is 8.16. The van der Waals surface area contributed by atoms with Gasteiger partial charge in [0, 0.05) is 23.9 Å². The smallest absolute Gasteiger partial charge is 0.271 e. The van der Waals surface area contributed by atoms with Crippen molar-refractivity contribution in [3.05, 3.63) is 16.1 Å². The van der Waals surface area contributed by atoms with Gasteiger partial charge in [-0.15, -0.1) is 36.2 Å². The molecule has 1 amide bonds. The highest BCUT2D eigenvalue weighted by atomic mass is 35.5. The predicted octanol–water partition coefficient (Wildman–Crippen LogP) is 2.59. The lowest BCUT2D eigenvalue weighted by atomic mass is 10.1. The molecule has 0 spiro atoms. The van der Waals surface area contributed by atoms with E-state index < -0.39 is 0 Å². The number of carbonyl (C=O) groups is 1. The van der Waals surface area contributed by atoms with Crippen molar-refractivity contribution in [3.8, 4) is 0 Å². The third-order valence-electron chi connectivity index (χ3n) is 2.88. The normalized spacial score (nSPS) is 18.4. The van der Waals surface area contributed by atoms with Gasteiger partial charge in [0.05, 0.1) is 5.01 Å². The standard InChI is InChI=1S/C12H19N3OS.2ClH/c1-8(2)12-15-10(7-17-12)11(16)14-9-4-3-5-13-6-9;;/h7-9,13H,3-6H2,1-2H3,(H,14,16);2*1H. The SMILES string of the molecule is CC(C)c1nc(C(=O)NC2CCCNC2)cs1.Cl.Cl. The summed E-state index contributed by atoms with van der Waals surface area (Å²) in [7, 11) is 0. The Morgan fingerprint density at radius 3 is 2.79 bits per heavy atom. The van der Waals surface area contributed by atoms with E-state index in [2.05, 4.69) is 29.5 Å². The molecule has 0 radical (unpaired) electrons. The fourth-order valence-electron chi connectivity index (χ4n) is 1.89. The number of aromatic nitrogens is 1. The molecule has 1 saturated heterocycles. The van der Waals surface area contributed by atoms with Gasteiger partial charge in [-0.1, -0.05) is 13.8 Å². The molecule has 19 heavy (non-hydrogen) atoms. The first-order valence-corrected chi connectivity index (χ1v) is 7.02. The summed E-state index contributed by atoms with van der Waals surface area (Å²) in [5.41, 5.74) is 0.560. The number of carbonyl (C=O) groups excluding carboxylic acids is 1. The molecule has 0 saturated carbocycles. The molecule has 1 unspecified atom stereocenters. The van der Waals surface area contributed by atoms with Crippen molar-refractivity contribution < 1.29 is 4.79 Å². The van der Waals surface area contributed by atoms with Crippen LogP contribution in [-0.2, 0) is 0 Å². The maximum Gasteiger partial charge on any atom is 0.271 e. The second-order valence-electron chi connectivity index (χ2n) is 4.74. The van der Waals surface area contributed by atoms with Gasteiger partial charge in [-0.25, -0.2) is 4.98 Å². The van der Waals surface area contributed by atoms with Crippen molar-refractivity contribution in [2.24, 2.45) is 0 Å². The Hall–Kier alpha value is -0.360. The van der Waals surface area contributed by atoms with Crippen LogP contribution < -0.4 is 10.6 Å². The summed E-state index contributed by atoms with van der Waals surface area (Å²) in [4.78, 5) is 16.3. The van der Waals surface area contributed by atoms with E-state index >= 15 is 0 Å². The van der Waals surface area contributed by atoms with Crippen LogP contribution in [0.5, 0.6) is 0 Å². The molecule has 2 rings (SSSR count). The van der Waals surface area contributed by atoms with Crippen LogP contribution in [0.2, 0.25) is 0 Å². The monoisotopic (exact) mass is 325 g/mol. The Labute approximate surface area is 130 Å². The molecule has 2 N–H and O–H groups in total. The molecule has 4 nitrogen and oxygen atoms in total. The predicted molar refractivity (Wildman–Crippen MR) is 84.1 cm³/mol. The van der Waals surface area contributed by atoms with E-state index in [4.69, 9.17) is 0 Å². The van der Waals surface area contributed by atoms with Crippen molar-refractivity contribution in [1.82, 2.24) is 15.6 Å². The number of hydrogen-bond acceptors (Lipinski definition) is 4. The maximum absolute atomic E-state index is 12.0. The van der Waals surface area contributed by atoms with Crippen molar-refractivity contribution >= 4 is 42.1 Å². The lowest BCUT2D eigenvalue weighted by Gasteiger charge is -2.23. The van der Waals surface area contributed by atoms with Crippen molar-refractivity contribution in [3.63, 3.8) is 0 Å². The molecule has 1 aromatic heterocycles. The van der Waals surface area contributed by atoms with E-state index in [1.807, 2.05) is 5.38 Å². The highest BCUT2D eigenvalue weighted by Gasteiger charge is 2.18. The van der Waals surface area contributed by atoms with Gasteiger partial charge in [0.2, 0.25) is 0 Å². The van der Waals surface area contributed by atoms with Crippen LogP contribution in [0, 0.1) is 0 Å². The summed E-state index contributed by atoms with van der Waals surface area (Å²) >= 11 is 1.56. The molecule has 110 valence electrons. The molecular formula is C12H21Cl2N3OS. The van der Waals surface area contributed by atoms with Crippen LogP contribution in [0.1, 0.15) is 48.1 Å². The number of hydrogen-bond donors (Lipinski definition) is 2. The minimum atomic E-state index is -0.0400. The number of halogens is 2. The second kappa shape index (κ2) is 8.74. The third-order valence-corrected chi connectivity index (χ3v) is 4.03. The fraction of sp³-hybridized carbons (Fsp3) is 0.667. The zero-order valence-corrected chi connectivity index (χ0v) is 13.6. The number of nitrogens with zero attached hydrogens (tertiary/aromatic N) is 1. The molecule has 2 heterocycles. The largest absolute Gasteiger partial charge is 0.347 e. The van der Waals surface area contributed by atoms with Crippen LogP contribution in [0.3, 0.4) is 0 Å². The number of rotatable bonds is 3. The van der Waals surface area contributed by atoms with Crippen molar-refractivity contribution in [1.29, 1.82) is 0 Å². The summed E-state index contributed by atoms with van der Waals surface area (Å²) in [6.07, 6.45) is 2.18. The third kappa shape index (κ3) is 5.26. The van der Waals surface area contributed by atoms with Crippen LogP contribution in [0.4, 0.5) is 0 Å². The topological polar surface area (TPSA) is 54.0 Å². The van der Waals surface area contributed by atoms with Gasteiger partial charge in [-0.2, -0.15) is 0 Å². The molecule has 0 aromatic carbocycles. The molecule has 1 aliphatic heterocycles. The van der Waals surface area contributed by atoms with Crippen molar-refractivity contribution in [2.75, 3.05) is 13.1 Å². The van der Waals surface area contributed by atoms with Crippen LogP contribution in [-0.4, -0.2) is 30.0 Å². The van der Waals surface area contributed by atoms with E-state index in [0.717, 1.165) is 30.9 Å². The summed E-state index contributed by atoms with van der Waals surface area (Å²) in [5, 5.41) is 9.19. The summed E-state index contributed by atoms with van der Waals surface area (Å²) in [6.45, 7) is 6.10. The Balaban J connectivity index is 0.00000162. The molecule has 1 aromatic rings. The minimum Gasteiger partial charge on any atom is -0.347 e. The Morgan fingerprint density at radius 2 is 2.26 bits per heavy atom. The average molecular weight is 326 g/mol. The lowest BCUT2D eigenvalue weighted by Crippen LogP contribution is -2.45. The van der Waals surface area contributed by atoms with Crippen LogP contribution in [0.25, 0.3) is 0 Å². The quantitative estimate of drug-likeness (QED) is 0.898. The average Bonchev–Trinajstić information content (AvgIpc) is 2.79. The van der Waals surface area contributed by atoms with Gasteiger partial charge in [0.15, 0.2) is 0 Å². The number of thiazole rings is 1. The highest BCUT2D eigenvalue weighted by molar-refractivity contribution is 7.09. The van der Waals surface area contributed by atoms with E-state index in [1.165, 1.54) is 0 Å². The van der Waals surface area contributed by atoms with Gasteiger partial charge in [0.25, 0.3) is 5.91 Å². The number of amides is 1. The first-order valence-electron chi connectivity index (χ1n) is 6.14. The van der Waals surface area contributed by atoms with Crippen molar-refractivity contribution in [2.45, 2.75) is 38.6 Å². The maximum atomic E-state index is 12.0. The van der Waals surface area contributed by atoms with Gasteiger partial charge in [-0.3, -0.25) is 4.79 Å². The number of piperidine rings is 1. The lowest BCUT2D eigenvalue weighted by molar-refractivity contribution is 0.0926. The number of nitrogens with one attached hydrogen (secondary N) is 2. The Kier molecular flexibility index (Phi) is 8.57. The molecule has 7 heteroatoms. The van der Waals surface area contributed by atoms with Gasteiger partial charge >= 0.3 is 0 Å². The zero-order chi connectivity index (χ0) is 12.3. The van der Waals surface area contributed by atoms with E-state index in [-0.39, 0.29) is 36.8 Å². The van der Waals surface area contributed by atoms with E-state index in [1.54, 1.807) is 11.3 Å². The first kappa shape index (κ1) is 18.6.